The summed E-state index contributed by atoms with van der Waals surface area (Å²) in [5, 5.41) is 0. The summed E-state index contributed by atoms with van der Waals surface area (Å²) in [7, 11) is 7.49. The summed E-state index contributed by atoms with van der Waals surface area (Å²) in [6.07, 6.45) is 7.76. The van der Waals surface area contributed by atoms with Gasteiger partial charge in [-0.25, -0.2) is 9.97 Å². The fourth-order valence-corrected chi connectivity index (χ4v) is 11.1. The Morgan fingerprint density at radius 3 is 1.02 bits per heavy atom. The van der Waals surface area contributed by atoms with Gasteiger partial charge in [-0.05, 0) is 162 Å². The molecule has 0 fully saturated rings. The topological polar surface area (TPSA) is 54.2 Å². The van der Waals surface area contributed by atoms with Gasteiger partial charge in [0.1, 0.15) is 28.2 Å². The number of hydrogen-bond donors (Lipinski definition) is 0. The molecule has 446 valence electrons. The average Bonchev–Trinajstić information content (AvgIpc) is 1.59. The number of aryl methyl sites for hydroxylation is 13. The van der Waals surface area contributed by atoms with Gasteiger partial charge in [-0.1, -0.05) is 139 Å². The molecule has 6 aromatic heterocycles. The molecule has 0 atom stereocenters. The lowest BCUT2D eigenvalue weighted by molar-refractivity contribution is -0.661. The number of nitrogens with zero attached hydrogens (tertiary/aromatic N) is 7. The molecule has 0 aliphatic rings. The molecular weight excluding hydrogens is 1110 g/mol. The second kappa shape index (κ2) is 28.1. The quantitative estimate of drug-likeness (QED) is 0.113. The lowest BCUT2D eigenvalue weighted by Crippen LogP contribution is -2.32. The molecule has 0 aliphatic heterocycles. The second-order valence-electron chi connectivity index (χ2n) is 22.8. The summed E-state index contributed by atoms with van der Waals surface area (Å²) in [6, 6.07) is 61.6. The minimum atomic E-state index is -0.276. The Hall–Kier alpha value is -10.1. The van der Waals surface area contributed by atoms with E-state index in [1.54, 1.807) is 22.8 Å². The van der Waals surface area contributed by atoms with Crippen LogP contribution in [0.1, 0.15) is 50.5 Å². The Morgan fingerprint density at radius 2 is 0.629 bits per heavy atom. The molecule has 0 saturated heterocycles. The van der Waals surface area contributed by atoms with Gasteiger partial charge in [0.2, 0.25) is 22.8 Å². The van der Waals surface area contributed by atoms with Crippen LogP contribution in [-0.2, 0) is 28.2 Å². The minimum absolute atomic E-state index is 0.198. The molecule has 12 aromatic rings. The van der Waals surface area contributed by atoms with E-state index >= 15 is 0 Å². The Labute approximate surface area is 521 Å². The highest BCUT2D eigenvalue weighted by molar-refractivity contribution is 5.70. The predicted octanol–water partition coefficient (Wildman–Crippen LogP) is 16.9. The van der Waals surface area contributed by atoms with Gasteiger partial charge >= 0.3 is 0 Å². The number of benzene rings is 6. The zero-order valence-electron chi connectivity index (χ0n) is 52.9. The molecule has 11 heteroatoms. The standard InChI is InChI=1S/2C20H19FN.C19H19FN3.C19H18FN2/c1-14-7-6-9-16(11-14)17-12-19(21)20(22(3)13-17)18-10-5-4-8-15(18)2;1-14-8-10-16(11-9-14)17-12-19(21)20(22(3)13-17)18-7-5-4-6-15(18)2;1-12-7-5-6-8-16(12)18-17(20)10-15(11-23(18)4)19-21-13(2)9-14(3)22-19;1-13-7-4-5-9-16(13)19-17(20)11-15(12-22(19)3)18-10-6-8-14(2)21-18/h2*4-13H,1-3H3;5-11H,1-4H3;4-12H,1-3H3/q4*+1. The molecule has 7 nitrogen and oxygen atoms in total. The highest BCUT2D eigenvalue weighted by Gasteiger charge is 2.25. The van der Waals surface area contributed by atoms with E-state index in [2.05, 4.69) is 21.0 Å². The van der Waals surface area contributed by atoms with Crippen LogP contribution in [0.15, 0.2) is 219 Å². The number of aromatic nitrogens is 7. The van der Waals surface area contributed by atoms with Crippen molar-refractivity contribution in [1.82, 2.24) is 15.0 Å². The fourth-order valence-electron chi connectivity index (χ4n) is 11.1. The third-order valence-corrected chi connectivity index (χ3v) is 15.5. The number of hydrogen-bond acceptors (Lipinski definition) is 3. The minimum Gasteiger partial charge on any atom is -0.253 e. The zero-order chi connectivity index (χ0) is 63.6. The molecule has 0 saturated carbocycles. The van der Waals surface area contributed by atoms with Crippen molar-refractivity contribution in [2.75, 3.05) is 0 Å². The van der Waals surface area contributed by atoms with Crippen molar-refractivity contribution in [1.29, 1.82) is 0 Å². The van der Waals surface area contributed by atoms with Gasteiger partial charge in [0, 0.05) is 28.2 Å². The van der Waals surface area contributed by atoms with Crippen LogP contribution >= 0.6 is 0 Å². The van der Waals surface area contributed by atoms with Crippen molar-refractivity contribution < 1.29 is 35.8 Å². The molecule has 0 spiro atoms. The SMILES string of the molecule is Cc1cc(C)nc(-c2cc(F)c(-c3ccccc3C)[n+](C)c2)n1.Cc1ccc(-c2cc(F)c(-c3ccccc3C)[n+](C)c2)cc1.Cc1cccc(-c2cc(F)c(-c3ccccc3C)[n+](C)c2)c1.Cc1cccc(-c2cc(F)c(-c3ccccc3C)[n+](C)c2)n1. The Balaban J connectivity index is 0.000000141. The first-order chi connectivity index (χ1) is 42.6. The predicted molar refractivity (Wildman–Crippen MR) is 350 cm³/mol. The third-order valence-electron chi connectivity index (χ3n) is 15.5. The van der Waals surface area contributed by atoms with Crippen molar-refractivity contribution >= 4 is 0 Å². The van der Waals surface area contributed by atoms with Crippen LogP contribution in [0.25, 0.3) is 89.9 Å². The van der Waals surface area contributed by atoms with Gasteiger partial charge in [-0.15, -0.1) is 0 Å². The van der Waals surface area contributed by atoms with Crippen molar-refractivity contribution in [2.45, 2.75) is 62.3 Å². The molecule has 12 rings (SSSR count). The van der Waals surface area contributed by atoms with Crippen LogP contribution in [-0.4, -0.2) is 15.0 Å². The summed E-state index contributed by atoms with van der Waals surface area (Å²) < 4.78 is 66.3. The van der Waals surface area contributed by atoms with Crippen LogP contribution in [0.5, 0.6) is 0 Å². The van der Waals surface area contributed by atoms with Crippen LogP contribution in [0.2, 0.25) is 0 Å². The van der Waals surface area contributed by atoms with Gasteiger partial charge in [0.05, 0.1) is 39.1 Å². The maximum atomic E-state index is 14.8. The van der Waals surface area contributed by atoms with Crippen LogP contribution in [0.3, 0.4) is 0 Å². The maximum absolute atomic E-state index is 14.8. The first-order valence-corrected chi connectivity index (χ1v) is 29.6. The van der Waals surface area contributed by atoms with Crippen molar-refractivity contribution in [3.63, 3.8) is 0 Å². The molecule has 0 unspecified atom stereocenters. The van der Waals surface area contributed by atoms with Crippen LogP contribution in [0, 0.1) is 85.6 Å². The first-order valence-electron chi connectivity index (χ1n) is 29.6. The molecule has 6 aromatic carbocycles. The molecule has 0 N–H and O–H groups in total. The Morgan fingerprint density at radius 1 is 0.270 bits per heavy atom. The number of rotatable bonds is 8. The largest absolute Gasteiger partial charge is 0.253 e. The molecule has 89 heavy (non-hydrogen) atoms. The lowest BCUT2D eigenvalue weighted by atomic mass is 10.0. The number of halogens is 4. The summed E-state index contributed by atoms with van der Waals surface area (Å²) in [5.41, 5.74) is 21.4. The first kappa shape index (κ1) is 63.4. The van der Waals surface area contributed by atoms with Crippen molar-refractivity contribution in [3.05, 3.63) is 293 Å². The number of pyridine rings is 5. The third kappa shape index (κ3) is 15.2. The maximum Gasteiger partial charge on any atom is 0.248 e. The molecule has 0 radical (unpaired) electrons. The van der Waals surface area contributed by atoms with Crippen LogP contribution in [0.4, 0.5) is 17.6 Å². The monoisotopic (exact) mass is 1190 g/mol. The summed E-state index contributed by atoms with van der Waals surface area (Å²) in [5.74, 6) is -0.362. The average molecular weight is 1190 g/mol. The molecular formula is C78H75F4N7+4. The molecule has 0 aliphatic carbocycles. The summed E-state index contributed by atoms with van der Waals surface area (Å²) >= 11 is 0. The van der Waals surface area contributed by atoms with E-state index < -0.39 is 0 Å². The van der Waals surface area contributed by atoms with E-state index in [-0.39, 0.29) is 23.3 Å². The molecule has 0 amide bonds. The molecule has 0 bridgehead atoms. The normalized spacial score (nSPS) is 10.8. The van der Waals surface area contributed by atoms with E-state index in [4.69, 9.17) is 0 Å². The van der Waals surface area contributed by atoms with Crippen molar-refractivity contribution in [2.24, 2.45) is 28.2 Å². The fraction of sp³-hybridized carbons (Fsp3) is 0.167. The smallest absolute Gasteiger partial charge is 0.248 e. The van der Waals surface area contributed by atoms with E-state index in [1.807, 2.05) is 293 Å². The van der Waals surface area contributed by atoms with Gasteiger partial charge < -0.3 is 0 Å². The van der Waals surface area contributed by atoms with Crippen molar-refractivity contribution in [3.8, 4) is 89.9 Å². The van der Waals surface area contributed by atoms with E-state index in [0.717, 1.165) is 95.1 Å². The van der Waals surface area contributed by atoms with E-state index in [1.165, 1.54) is 17.2 Å². The lowest BCUT2D eigenvalue weighted by Gasteiger charge is -2.08. The zero-order valence-corrected chi connectivity index (χ0v) is 52.9. The second-order valence-corrected chi connectivity index (χ2v) is 22.8. The Bertz CT molecular complexity index is 4280. The Kier molecular flexibility index (Phi) is 20.0. The van der Waals surface area contributed by atoms with Gasteiger partial charge in [-0.3, -0.25) is 4.98 Å². The summed E-state index contributed by atoms with van der Waals surface area (Å²) in [6.45, 7) is 17.8. The van der Waals surface area contributed by atoms with Gasteiger partial charge in [-0.2, -0.15) is 35.8 Å². The van der Waals surface area contributed by atoms with Crippen LogP contribution < -0.4 is 18.3 Å². The highest BCUT2D eigenvalue weighted by atomic mass is 19.1. The highest BCUT2D eigenvalue weighted by Crippen LogP contribution is 2.31. The molecule has 6 heterocycles. The van der Waals surface area contributed by atoms with Gasteiger partial charge in [0.15, 0.2) is 53.9 Å². The van der Waals surface area contributed by atoms with E-state index in [0.29, 0.717) is 34.2 Å². The summed E-state index contributed by atoms with van der Waals surface area (Å²) in [4.78, 5) is 13.3. The van der Waals surface area contributed by atoms with Gasteiger partial charge in [0.25, 0.3) is 0 Å². The van der Waals surface area contributed by atoms with E-state index in [9.17, 15) is 17.6 Å².